The first kappa shape index (κ1) is 27.7. The van der Waals surface area contributed by atoms with E-state index in [1.807, 2.05) is 52.0 Å². The molecule has 1 aliphatic carbocycles. The molecule has 0 heterocycles. The molecule has 0 aliphatic heterocycles. The Morgan fingerprint density at radius 2 is 1.90 bits per heavy atom. The van der Waals surface area contributed by atoms with Gasteiger partial charge in [0.1, 0.15) is 0 Å². The van der Waals surface area contributed by atoms with Gasteiger partial charge < -0.3 is 20.7 Å². The second-order valence-electron chi connectivity index (χ2n) is 9.34. The minimum atomic E-state index is -0.254. The maximum absolute atomic E-state index is 12.4. The van der Waals surface area contributed by atoms with Crippen molar-refractivity contribution >= 4 is 35.8 Å². The van der Waals surface area contributed by atoms with E-state index in [0.717, 1.165) is 37.7 Å². The lowest BCUT2D eigenvalue weighted by Crippen LogP contribution is -2.43. The summed E-state index contributed by atoms with van der Waals surface area (Å²) in [7, 11) is 1.80. The average Bonchev–Trinajstić information content (AvgIpc) is 3.16. The Morgan fingerprint density at radius 3 is 2.52 bits per heavy atom. The smallest absolute Gasteiger partial charge is 0.251 e. The van der Waals surface area contributed by atoms with E-state index in [0.29, 0.717) is 17.5 Å². The van der Waals surface area contributed by atoms with Crippen molar-refractivity contribution < 1.29 is 9.53 Å². The standard InChI is InChI=1S/C24H40N4O2.HI/c1-6-30-15-14-24(12-7-8-13-24)18-27-22(25-5)26-17-19-10-9-11-20(16-19)21(29)28-23(2,3)4;/h9-11,16H,6-8,12-15,17-18H2,1-5H3,(H,28,29)(H2,25,26,27);1H. The fourth-order valence-corrected chi connectivity index (χ4v) is 3.99. The van der Waals surface area contributed by atoms with Crippen LogP contribution < -0.4 is 16.0 Å². The number of guanidine groups is 1. The van der Waals surface area contributed by atoms with Crippen LogP contribution in [0.15, 0.2) is 29.3 Å². The largest absolute Gasteiger partial charge is 0.382 e. The fourth-order valence-electron chi connectivity index (χ4n) is 3.99. The number of nitrogens with one attached hydrogen (secondary N) is 3. The highest BCUT2D eigenvalue weighted by Crippen LogP contribution is 2.40. The summed E-state index contributed by atoms with van der Waals surface area (Å²) in [5.74, 6) is 0.742. The van der Waals surface area contributed by atoms with Crippen molar-refractivity contribution in [1.82, 2.24) is 16.0 Å². The highest BCUT2D eigenvalue weighted by molar-refractivity contribution is 14.0. The Hall–Kier alpha value is -1.35. The van der Waals surface area contributed by atoms with Gasteiger partial charge in [0.25, 0.3) is 5.91 Å². The van der Waals surface area contributed by atoms with Crippen LogP contribution in [-0.4, -0.2) is 44.2 Å². The van der Waals surface area contributed by atoms with Crippen LogP contribution in [0.25, 0.3) is 0 Å². The van der Waals surface area contributed by atoms with Gasteiger partial charge in [-0.15, -0.1) is 24.0 Å². The molecule has 1 aromatic carbocycles. The van der Waals surface area contributed by atoms with Crippen molar-refractivity contribution in [3.8, 4) is 0 Å². The number of hydrogen-bond donors (Lipinski definition) is 3. The molecule has 0 bridgehead atoms. The molecular formula is C24H41IN4O2. The zero-order valence-electron chi connectivity index (χ0n) is 19.8. The molecule has 0 radical (unpaired) electrons. The lowest BCUT2D eigenvalue weighted by Gasteiger charge is -2.30. The van der Waals surface area contributed by atoms with E-state index in [1.54, 1.807) is 7.05 Å². The van der Waals surface area contributed by atoms with Crippen LogP contribution in [0.2, 0.25) is 0 Å². The van der Waals surface area contributed by atoms with Gasteiger partial charge in [0.2, 0.25) is 0 Å². The van der Waals surface area contributed by atoms with Gasteiger partial charge in [0.15, 0.2) is 5.96 Å². The summed E-state index contributed by atoms with van der Waals surface area (Å²) in [4.78, 5) is 16.8. The van der Waals surface area contributed by atoms with Gasteiger partial charge in [-0.05, 0) is 70.1 Å². The third kappa shape index (κ3) is 9.76. The Balaban J connectivity index is 0.00000480. The van der Waals surface area contributed by atoms with Crippen LogP contribution in [0.4, 0.5) is 0 Å². The van der Waals surface area contributed by atoms with Crippen molar-refractivity contribution in [2.75, 3.05) is 26.8 Å². The second kappa shape index (κ2) is 13.3. The van der Waals surface area contributed by atoms with E-state index in [4.69, 9.17) is 4.74 Å². The van der Waals surface area contributed by atoms with Gasteiger partial charge in [-0.1, -0.05) is 25.0 Å². The van der Waals surface area contributed by atoms with Crippen molar-refractivity contribution in [3.05, 3.63) is 35.4 Å². The van der Waals surface area contributed by atoms with E-state index in [9.17, 15) is 4.79 Å². The van der Waals surface area contributed by atoms with E-state index < -0.39 is 0 Å². The van der Waals surface area contributed by atoms with Gasteiger partial charge in [0, 0.05) is 44.5 Å². The van der Waals surface area contributed by atoms with Crippen LogP contribution in [0.5, 0.6) is 0 Å². The molecule has 0 aromatic heterocycles. The fraction of sp³-hybridized carbons (Fsp3) is 0.667. The number of aliphatic imine (C=N–C) groups is 1. The minimum absolute atomic E-state index is 0. The highest BCUT2D eigenvalue weighted by Gasteiger charge is 2.33. The summed E-state index contributed by atoms with van der Waals surface area (Å²) in [6.45, 7) is 11.1. The Labute approximate surface area is 205 Å². The Bertz CT molecular complexity index is 710. The number of ether oxygens (including phenoxy) is 1. The molecule has 7 heteroatoms. The van der Waals surface area contributed by atoms with E-state index in [2.05, 4.69) is 20.9 Å². The summed E-state index contributed by atoms with van der Waals surface area (Å²) in [6.07, 6.45) is 6.17. The highest BCUT2D eigenvalue weighted by atomic mass is 127. The summed E-state index contributed by atoms with van der Waals surface area (Å²) < 4.78 is 5.61. The number of rotatable bonds is 9. The third-order valence-corrected chi connectivity index (χ3v) is 5.64. The SMILES string of the molecule is CCOCCC1(CNC(=NC)NCc2cccc(C(=O)NC(C)(C)C)c2)CCCC1.I. The molecule has 1 aromatic rings. The van der Waals surface area contributed by atoms with E-state index >= 15 is 0 Å². The van der Waals surface area contributed by atoms with Gasteiger partial charge in [-0.3, -0.25) is 9.79 Å². The van der Waals surface area contributed by atoms with Crippen molar-refractivity contribution in [2.24, 2.45) is 10.4 Å². The second-order valence-corrected chi connectivity index (χ2v) is 9.34. The van der Waals surface area contributed by atoms with E-state index in [1.165, 1.54) is 25.7 Å². The normalized spacial score (nSPS) is 15.8. The quantitative estimate of drug-likeness (QED) is 0.186. The molecule has 0 spiro atoms. The Morgan fingerprint density at radius 1 is 1.19 bits per heavy atom. The molecule has 0 unspecified atom stereocenters. The lowest BCUT2D eigenvalue weighted by molar-refractivity contribution is 0.0919. The van der Waals surface area contributed by atoms with Crippen molar-refractivity contribution in [2.45, 2.75) is 71.9 Å². The summed E-state index contributed by atoms with van der Waals surface area (Å²) >= 11 is 0. The first-order valence-corrected chi connectivity index (χ1v) is 11.2. The summed E-state index contributed by atoms with van der Waals surface area (Å²) in [5.41, 5.74) is 1.77. The molecule has 31 heavy (non-hydrogen) atoms. The molecular weight excluding hydrogens is 503 g/mol. The van der Waals surface area contributed by atoms with E-state index in [-0.39, 0.29) is 35.4 Å². The summed E-state index contributed by atoms with van der Waals surface area (Å²) in [5, 5.41) is 9.92. The van der Waals surface area contributed by atoms with Gasteiger partial charge in [-0.2, -0.15) is 0 Å². The molecule has 3 N–H and O–H groups in total. The maximum Gasteiger partial charge on any atom is 0.251 e. The monoisotopic (exact) mass is 544 g/mol. The average molecular weight is 545 g/mol. The summed E-state index contributed by atoms with van der Waals surface area (Å²) in [6, 6.07) is 7.72. The van der Waals surface area contributed by atoms with Crippen LogP contribution in [0.1, 0.15) is 75.7 Å². The molecule has 1 fully saturated rings. The first-order valence-electron chi connectivity index (χ1n) is 11.2. The first-order chi connectivity index (χ1) is 14.3. The number of carbonyl (C=O) groups excluding carboxylic acids is 1. The van der Waals surface area contributed by atoms with Crippen molar-refractivity contribution in [3.63, 3.8) is 0 Å². The molecule has 2 rings (SSSR count). The molecule has 0 saturated heterocycles. The predicted molar refractivity (Wildman–Crippen MR) is 139 cm³/mol. The third-order valence-electron chi connectivity index (χ3n) is 5.64. The van der Waals surface area contributed by atoms with Crippen LogP contribution in [-0.2, 0) is 11.3 Å². The number of halogens is 1. The van der Waals surface area contributed by atoms with Crippen LogP contribution in [0, 0.1) is 5.41 Å². The molecule has 6 nitrogen and oxygen atoms in total. The number of hydrogen-bond acceptors (Lipinski definition) is 3. The van der Waals surface area contributed by atoms with Gasteiger partial charge in [0.05, 0.1) is 0 Å². The number of benzene rings is 1. The lowest BCUT2D eigenvalue weighted by atomic mass is 9.83. The van der Waals surface area contributed by atoms with Crippen molar-refractivity contribution in [1.29, 1.82) is 0 Å². The number of amides is 1. The maximum atomic E-state index is 12.4. The zero-order chi connectivity index (χ0) is 22.0. The Kier molecular flexibility index (Phi) is 11.8. The zero-order valence-corrected chi connectivity index (χ0v) is 22.2. The van der Waals surface area contributed by atoms with Crippen LogP contribution in [0.3, 0.4) is 0 Å². The number of carbonyl (C=O) groups is 1. The van der Waals surface area contributed by atoms with Gasteiger partial charge in [-0.25, -0.2) is 0 Å². The number of nitrogens with zero attached hydrogens (tertiary/aromatic N) is 1. The molecule has 0 atom stereocenters. The predicted octanol–water partition coefficient (Wildman–Crippen LogP) is 4.48. The van der Waals surface area contributed by atoms with Crippen LogP contribution >= 0.6 is 24.0 Å². The molecule has 1 saturated carbocycles. The van der Waals surface area contributed by atoms with Gasteiger partial charge >= 0.3 is 0 Å². The molecule has 1 amide bonds. The minimum Gasteiger partial charge on any atom is -0.382 e. The molecule has 1 aliphatic rings. The molecule has 176 valence electrons. The topological polar surface area (TPSA) is 74.8 Å².